The highest BCUT2D eigenvalue weighted by molar-refractivity contribution is 7.89. The maximum absolute atomic E-state index is 12.7. The normalized spacial score (nSPS) is 16.8. The first-order valence-electron chi connectivity index (χ1n) is 7.45. The molecule has 1 fully saturated rings. The lowest BCUT2D eigenvalue weighted by Gasteiger charge is -2.26. The van der Waals surface area contributed by atoms with Gasteiger partial charge in [-0.3, -0.25) is 0 Å². The molecule has 0 atom stereocenters. The smallest absolute Gasteiger partial charge is 0.243 e. The van der Waals surface area contributed by atoms with Crippen molar-refractivity contribution in [1.82, 2.24) is 4.31 Å². The number of benzene rings is 1. The fourth-order valence-corrected chi connectivity index (χ4v) is 4.59. The maximum atomic E-state index is 12.7. The quantitative estimate of drug-likeness (QED) is 0.877. The lowest BCUT2D eigenvalue weighted by molar-refractivity contribution is 0.335. The fraction of sp³-hybridized carbons (Fsp3) is 0.600. The van der Waals surface area contributed by atoms with E-state index in [9.17, 15) is 8.42 Å². The highest BCUT2D eigenvalue weighted by atomic mass is 32.2. The molecule has 1 aromatic carbocycles. The van der Waals surface area contributed by atoms with E-state index in [2.05, 4.69) is 5.32 Å². The van der Waals surface area contributed by atoms with Gasteiger partial charge in [-0.15, -0.1) is 0 Å². The summed E-state index contributed by atoms with van der Waals surface area (Å²) >= 11 is 0. The highest BCUT2D eigenvalue weighted by Gasteiger charge is 2.31. The summed E-state index contributed by atoms with van der Waals surface area (Å²) < 4.78 is 27.1. The Kier molecular flexibility index (Phi) is 5.05. The summed E-state index contributed by atoms with van der Waals surface area (Å²) in [4.78, 5) is 0.396. The van der Waals surface area contributed by atoms with Crippen LogP contribution in [0.2, 0.25) is 0 Å². The number of sulfonamides is 1. The minimum Gasteiger partial charge on any atom is -0.385 e. The monoisotopic (exact) mass is 296 g/mol. The van der Waals surface area contributed by atoms with Gasteiger partial charge in [-0.05, 0) is 44.0 Å². The van der Waals surface area contributed by atoms with E-state index in [4.69, 9.17) is 0 Å². The van der Waals surface area contributed by atoms with Crippen molar-refractivity contribution >= 4 is 15.7 Å². The second-order valence-corrected chi connectivity index (χ2v) is 7.09. The largest absolute Gasteiger partial charge is 0.385 e. The van der Waals surface area contributed by atoms with Gasteiger partial charge in [0, 0.05) is 24.8 Å². The average molecular weight is 296 g/mol. The first-order chi connectivity index (χ1) is 9.59. The lowest BCUT2D eigenvalue weighted by Crippen LogP contribution is -2.38. The summed E-state index contributed by atoms with van der Waals surface area (Å²) in [6, 6.07) is 7.24. The molecule has 0 unspecified atom stereocenters. The molecule has 0 amide bonds. The summed E-state index contributed by atoms with van der Waals surface area (Å²) in [6.07, 6.45) is 4.25. The molecule has 0 spiro atoms. The van der Waals surface area contributed by atoms with Crippen LogP contribution >= 0.6 is 0 Å². The van der Waals surface area contributed by atoms with Crippen molar-refractivity contribution < 1.29 is 8.42 Å². The molecule has 0 heterocycles. The second kappa shape index (κ2) is 6.59. The van der Waals surface area contributed by atoms with Crippen LogP contribution in [0.25, 0.3) is 0 Å². The zero-order valence-corrected chi connectivity index (χ0v) is 13.1. The van der Waals surface area contributed by atoms with Crippen LogP contribution in [-0.4, -0.2) is 31.9 Å². The highest BCUT2D eigenvalue weighted by Crippen LogP contribution is 2.28. The van der Waals surface area contributed by atoms with Crippen molar-refractivity contribution in [3.8, 4) is 0 Å². The third kappa shape index (κ3) is 3.15. The van der Waals surface area contributed by atoms with Gasteiger partial charge in [-0.25, -0.2) is 8.42 Å². The van der Waals surface area contributed by atoms with Crippen molar-refractivity contribution in [2.24, 2.45) is 0 Å². The Morgan fingerprint density at radius 1 is 1.15 bits per heavy atom. The van der Waals surface area contributed by atoms with Crippen molar-refractivity contribution in [1.29, 1.82) is 0 Å². The Labute approximate surface area is 122 Å². The van der Waals surface area contributed by atoms with Crippen LogP contribution in [0.3, 0.4) is 0 Å². The van der Waals surface area contributed by atoms with Crippen molar-refractivity contribution in [2.75, 3.05) is 18.4 Å². The van der Waals surface area contributed by atoms with E-state index >= 15 is 0 Å². The van der Waals surface area contributed by atoms with Gasteiger partial charge in [0.15, 0.2) is 0 Å². The minimum atomic E-state index is -3.36. The molecule has 2 rings (SSSR count). The topological polar surface area (TPSA) is 49.4 Å². The molecule has 0 saturated heterocycles. The summed E-state index contributed by atoms with van der Waals surface area (Å²) in [5.74, 6) is 0. The van der Waals surface area contributed by atoms with Crippen LogP contribution in [0.5, 0.6) is 0 Å². The van der Waals surface area contributed by atoms with Crippen LogP contribution in [0.4, 0.5) is 5.69 Å². The predicted molar refractivity (Wildman–Crippen MR) is 82.4 cm³/mol. The van der Waals surface area contributed by atoms with E-state index in [0.717, 1.165) is 37.9 Å². The zero-order chi connectivity index (χ0) is 14.6. The minimum absolute atomic E-state index is 0.179. The van der Waals surface area contributed by atoms with Gasteiger partial charge < -0.3 is 5.32 Å². The Balaban J connectivity index is 2.23. The molecule has 4 nitrogen and oxygen atoms in total. The second-order valence-electron chi connectivity index (χ2n) is 5.20. The van der Waals surface area contributed by atoms with Crippen LogP contribution in [0.1, 0.15) is 39.5 Å². The molecular weight excluding hydrogens is 272 g/mol. The maximum Gasteiger partial charge on any atom is 0.243 e. The number of nitrogens with one attached hydrogen (secondary N) is 1. The van der Waals surface area contributed by atoms with Crippen molar-refractivity contribution in [3.63, 3.8) is 0 Å². The Hall–Kier alpha value is -1.07. The molecule has 0 radical (unpaired) electrons. The molecule has 0 aliphatic heterocycles. The number of hydrogen-bond acceptors (Lipinski definition) is 3. The third-order valence-corrected chi connectivity index (χ3v) is 5.93. The summed E-state index contributed by atoms with van der Waals surface area (Å²) in [6.45, 7) is 5.31. The molecule has 112 valence electrons. The molecule has 5 heteroatoms. The van der Waals surface area contributed by atoms with Gasteiger partial charge in [0.05, 0.1) is 4.90 Å². The van der Waals surface area contributed by atoms with Gasteiger partial charge in [0.2, 0.25) is 10.0 Å². The van der Waals surface area contributed by atoms with Gasteiger partial charge >= 0.3 is 0 Å². The standard InChI is InChI=1S/C15H24N2O2S/c1-3-16-13-9-11-15(12-10-13)20(18,19)17(4-2)14-7-5-6-8-14/h9-12,14,16H,3-8H2,1-2H3. The summed E-state index contributed by atoms with van der Waals surface area (Å²) in [5, 5.41) is 3.18. The Bertz CT molecular complexity index is 519. The molecule has 1 saturated carbocycles. The number of hydrogen-bond donors (Lipinski definition) is 1. The summed E-state index contributed by atoms with van der Waals surface area (Å²) in [5.41, 5.74) is 0.954. The summed E-state index contributed by atoms with van der Waals surface area (Å²) in [7, 11) is -3.36. The van der Waals surface area contributed by atoms with Crippen LogP contribution in [0, 0.1) is 0 Å². The van der Waals surface area contributed by atoms with E-state index in [1.54, 1.807) is 16.4 Å². The van der Waals surface area contributed by atoms with Gasteiger partial charge in [-0.2, -0.15) is 4.31 Å². The molecule has 1 aromatic rings. The Morgan fingerprint density at radius 3 is 2.25 bits per heavy atom. The van der Waals surface area contributed by atoms with Crippen molar-refractivity contribution in [3.05, 3.63) is 24.3 Å². The fourth-order valence-electron chi connectivity index (χ4n) is 2.90. The first kappa shape index (κ1) is 15.3. The molecule has 1 aliphatic rings. The molecule has 1 aliphatic carbocycles. The zero-order valence-electron chi connectivity index (χ0n) is 12.3. The molecule has 0 aromatic heterocycles. The first-order valence-corrected chi connectivity index (χ1v) is 8.89. The van der Waals surface area contributed by atoms with E-state index in [1.165, 1.54) is 0 Å². The number of nitrogens with zero attached hydrogens (tertiary/aromatic N) is 1. The number of anilines is 1. The molecule has 1 N–H and O–H groups in total. The number of rotatable bonds is 6. The molecule has 0 bridgehead atoms. The molecular formula is C15H24N2O2S. The van der Waals surface area contributed by atoms with E-state index in [0.29, 0.717) is 11.4 Å². The lowest BCUT2D eigenvalue weighted by atomic mass is 10.2. The van der Waals surface area contributed by atoms with Crippen LogP contribution in [0.15, 0.2) is 29.2 Å². The van der Waals surface area contributed by atoms with Gasteiger partial charge in [0.25, 0.3) is 0 Å². The molecule has 20 heavy (non-hydrogen) atoms. The van der Waals surface area contributed by atoms with E-state index in [1.807, 2.05) is 26.0 Å². The third-order valence-electron chi connectivity index (χ3n) is 3.89. The van der Waals surface area contributed by atoms with E-state index in [-0.39, 0.29) is 6.04 Å². The average Bonchev–Trinajstić information content (AvgIpc) is 2.94. The Morgan fingerprint density at radius 2 is 1.75 bits per heavy atom. The van der Waals surface area contributed by atoms with E-state index < -0.39 is 10.0 Å². The van der Waals surface area contributed by atoms with Gasteiger partial charge in [0.1, 0.15) is 0 Å². The van der Waals surface area contributed by atoms with Crippen molar-refractivity contribution in [2.45, 2.75) is 50.5 Å². The van der Waals surface area contributed by atoms with Crippen LogP contribution < -0.4 is 5.32 Å². The van der Waals surface area contributed by atoms with Crippen LogP contribution in [-0.2, 0) is 10.0 Å². The predicted octanol–water partition coefficient (Wildman–Crippen LogP) is 3.07. The SMILES string of the molecule is CCNc1ccc(S(=O)(=O)N(CC)C2CCCC2)cc1. The van der Waals surface area contributed by atoms with Gasteiger partial charge in [-0.1, -0.05) is 19.8 Å².